The van der Waals surface area contributed by atoms with Crippen LogP contribution in [0.5, 0.6) is 0 Å². The minimum absolute atomic E-state index is 0.0291. The summed E-state index contributed by atoms with van der Waals surface area (Å²) in [5, 5.41) is 9.74. The smallest absolute Gasteiger partial charge is 0.295 e. The van der Waals surface area contributed by atoms with E-state index in [1.54, 1.807) is 12.1 Å². The van der Waals surface area contributed by atoms with Crippen molar-refractivity contribution in [2.45, 2.75) is 50.9 Å². The van der Waals surface area contributed by atoms with Crippen molar-refractivity contribution in [2.75, 3.05) is 6.61 Å². The maximum absolute atomic E-state index is 13.9. The van der Waals surface area contributed by atoms with E-state index in [1.807, 2.05) is 18.2 Å². The van der Waals surface area contributed by atoms with Crippen molar-refractivity contribution in [3.8, 4) is 0 Å². The molecule has 0 radical (unpaired) electrons. The lowest BCUT2D eigenvalue weighted by molar-refractivity contribution is -0.0449. The zero-order valence-electron chi connectivity index (χ0n) is 15.1. The molecule has 24 heavy (non-hydrogen) atoms. The first-order chi connectivity index (χ1) is 11.0. The molecular weight excluding hydrogens is 326 g/mol. The highest BCUT2D eigenvalue weighted by molar-refractivity contribution is 6.74. The number of aliphatic hydroxyl groups excluding tert-OH is 1. The number of hydrogen-bond donors (Lipinski definition) is 1. The molecule has 0 heterocycles. The van der Waals surface area contributed by atoms with Gasteiger partial charge in [-0.25, -0.2) is 0 Å². The van der Waals surface area contributed by atoms with Gasteiger partial charge in [0.25, 0.3) is 5.92 Å². The van der Waals surface area contributed by atoms with E-state index in [0.717, 1.165) is 17.7 Å². The maximum Gasteiger partial charge on any atom is 0.295 e. The number of alkyl halides is 2. The summed E-state index contributed by atoms with van der Waals surface area (Å²) in [4.78, 5) is 0. The monoisotopic (exact) mass is 354 g/mol. The molecule has 0 unspecified atom stereocenters. The van der Waals surface area contributed by atoms with Gasteiger partial charge in [0, 0.05) is 0 Å². The van der Waals surface area contributed by atoms with Crippen LogP contribution in [0.15, 0.2) is 48.6 Å². The van der Waals surface area contributed by atoms with E-state index >= 15 is 0 Å². The van der Waals surface area contributed by atoms with Crippen LogP contribution in [0.2, 0.25) is 18.1 Å². The third-order valence-corrected chi connectivity index (χ3v) is 8.85. The van der Waals surface area contributed by atoms with Gasteiger partial charge < -0.3 is 9.53 Å². The molecule has 0 saturated carbocycles. The molecule has 0 saturated heterocycles. The first-order valence-corrected chi connectivity index (χ1v) is 11.0. The van der Waals surface area contributed by atoms with E-state index in [-0.39, 0.29) is 11.6 Å². The van der Waals surface area contributed by atoms with Gasteiger partial charge in [0.1, 0.15) is 6.10 Å². The zero-order valence-corrected chi connectivity index (χ0v) is 16.1. The molecule has 0 spiro atoms. The van der Waals surface area contributed by atoms with E-state index < -0.39 is 20.3 Å². The van der Waals surface area contributed by atoms with E-state index in [1.165, 1.54) is 12.2 Å². The average molecular weight is 355 g/mol. The highest BCUT2D eigenvalue weighted by Crippen LogP contribution is 2.36. The number of aliphatic hydroxyl groups is 1. The molecule has 1 atom stereocenters. The van der Waals surface area contributed by atoms with Crippen molar-refractivity contribution in [1.29, 1.82) is 0 Å². The third kappa shape index (κ3) is 6.30. The van der Waals surface area contributed by atoms with Crippen molar-refractivity contribution >= 4 is 14.4 Å². The molecule has 1 N–H and O–H groups in total. The molecular formula is C19H28F2O2Si. The Bertz CT molecular complexity index is 560. The number of halogens is 2. The second kappa shape index (κ2) is 8.19. The average Bonchev–Trinajstić information content (AvgIpc) is 2.49. The maximum atomic E-state index is 13.9. The van der Waals surface area contributed by atoms with Crippen LogP contribution < -0.4 is 0 Å². The van der Waals surface area contributed by atoms with Gasteiger partial charge in [0.2, 0.25) is 0 Å². The highest BCUT2D eigenvalue weighted by atomic mass is 28.4. The standard InChI is InChI=1S/C19H28F2O2Si/c1-18(2,3)24(4,5)23-15-9-14-19(20,21)17(22)13-12-16-10-7-6-8-11-16/h6-14,17,22H,15H2,1-5H3/b13-12+,14-9-/t17-/m1/s1. The first-order valence-electron chi connectivity index (χ1n) is 8.06. The Balaban J connectivity index is 2.60. The van der Waals surface area contributed by atoms with Crippen LogP contribution in [-0.4, -0.2) is 32.1 Å². The van der Waals surface area contributed by atoms with Gasteiger partial charge in [-0.3, -0.25) is 0 Å². The fourth-order valence-corrected chi connectivity index (χ4v) is 2.62. The minimum atomic E-state index is -3.33. The van der Waals surface area contributed by atoms with Crippen LogP contribution in [0.1, 0.15) is 26.3 Å². The Kier molecular flexibility index (Phi) is 7.07. The lowest BCUT2D eigenvalue weighted by Gasteiger charge is -2.35. The largest absolute Gasteiger partial charge is 0.413 e. The molecule has 5 heteroatoms. The Labute approximate surface area is 145 Å². The molecule has 0 aliphatic heterocycles. The van der Waals surface area contributed by atoms with Gasteiger partial charge in [-0.15, -0.1) is 0 Å². The predicted molar refractivity (Wildman–Crippen MR) is 98.7 cm³/mol. The van der Waals surface area contributed by atoms with Crippen molar-refractivity contribution in [2.24, 2.45) is 0 Å². The Morgan fingerprint density at radius 3 is 2.29 bits per heavy atom. The summed E-state index contributed by atoms with van der Waals surface area (Å²) < 4.78 is 33.7. The lowest BCUT2D eigenvalue weighted by atomic mass is 10.1. The van der Waals surface area contributed by atoms with Crippen molar-refractivity contribution in [3.05, 3.63) is 54.1 Å². The molecule has 0 aromatic heterocycles. The van der Waals surface area contributed by atoms with Gasteiger partial charge in [-0.1, -0.05) is 63.3 Å². The van der Waals surface area contributed by atoms with Crippen molar-refractivity contribution < 1.29 is 18.3 Å². The Morgan fingerprint density at radius 2 is 1.75 bits per heavy atom. The van der Waals surface area contributed by atoms with Gasteiger partial charge in [-0.2, -0.15) is 8.78 Å². The summed E-state index contributed by atoms with van der Waals surface area (Å²) in [6.07, 6.45) is 2.73. The zero-order chi connectivity index (χ0) is 18.4. The Hall–Kier alpha value is -1.30. The summed E-state index contributed by atoms with van der Waals surface area (Å²) in [5.41, 5.74) is 0.762. The summed E-state index contributed by atoms with van der Waals surface area (Å²) >= 11 is 0. The van der Waals surface area contributed by atoms with Gasteiger partial charge in [0.15, 0.2) is 8.32 Å². The number of benzene rings is 1. The van der Waals surface area contributed by atoms with Crippen molar-refractivity contribution in [3.63, 3.8) is 0 Å². The van der Waals surface area contributed by atoms with E-state index in [9.17, 15) is 13.9 Å². The normalized spacial score (nSPS) is 15.3. The van der Waals surface area contributed by atoms with Crippen LogP contribution in [-0.2, 0) is 4.43 Å². The Morgan fingerprint density at radius 1 is 1.17 bits per heavy atom. The van der Waals surface area contributed by atoms with Crippen LogP contribution in [0, 0.1) is 0 Å². The molecule has 134 valence electrons. The van der Waals surface area contributed by atoms with Crippen LogP contribution >= 0.6 is 0 Å². The molecule has 0 amide bonds. The number of hydrogen-bond acceptors (Lipinski definition) is 2. The minimum Gasteiger partial charge on any atom is -0.413 e. The molecule has 0 bridgehead atoms. The third-order valence-electron chi connectivity index (χ3n) is 4.35. The lowest BCUT2D eigenvalue weighted by Crippen LogP contribution is -2.40. The quantitative estimate of drug-likeness (QED) is 0.533. The molecule has 1 aromatic carbocycles. The topological polar surface area (TPSA) is 29.5 Å². The molecule has 0 aliphatic carbocycles. The fraction of sp³-hybridized carbons (Fsp3) is 0.474. The molecule has 1 rings (SSSR count). The van der Waals surface area contributed by atoms with Gasteiger partial charge in [0.05, 0.1) is 6.61 Å². The van der Waals surface area contributed by atoms with E-state index in [4.69, 9.17) is 4.43 Å². The van der Waals surface area contributed by atoms with E-state index in [0.29, 0.717) is 0 Å². The summed E-state index contributed by atoms with van der Waals surface area (Å²) in [6, 6.07) is 9.02. The van der Waals surface area contributed by atoms with Gasteiger partial charge >= 0.3 is 0 Å². The highest BCUT2D eigenvalue weighted by Gasteiger charge is 2.37. The second-order valence-electron chi connectivity index (χ2n) is 7.36. The van der Waals surface area contributed by atoms with Crippen LogP contribution in [0.25, 0.3) is 6.08 Å². The van der Waals surface area contributed by atoms with E-state index in [2.05, 4.69) is 33.9 Å². The SMILES string of the molecule is CC(C)(C)[Si](C)(C)OC/C=C\C(F)(F)[C@H](O)/C=C/c1ccccc1. The number of rotatable bonds is 7. The van der Waals surface area contributed by atoms with Crippen molar-refractivity contribution in [1.82, 2.24) is 0 Å². The molecule has 1 aromatic rings. The van der Waals surface area contributed by atoms with Crippen LogP contribution in [0.4, 0.5) is 8.78 Å². The molecule has 0 aliphatic rings. The van der Waals surface area contributed by atoms with Gasteiger partial charge in [-0.05, 0) is 35.8 Å². The molecule has 0 fully saturated rings. The van der Waals surface area contributed by atoms with Crippen LogP contribution in [0.3, 0.4) is 0 Å². The predicted octanol–water partition coefficient (Wildman–Crippen LogP) is 5.27. The summed E-state index contributed by atoms with van der Waals surface area (Å²) in [6.45, 7) is 10.5. The summed E-state index contributed by atoms with van der Waals surface area (Å²) in [7, 11) is -1.96. The first kappa shape index (κ1) is 20.7. The summed E-state index contributed by atoms with van der Waals surface area (Å²) in [5.74, 6) is -3.33. The molecule has 2 nitrogen and oxygen atoms in total. The fourth-order valence-electron chi connectivity index (χ4n) is 1.67. The second-order valence-corrected chi connectivity index (χ2v) is 12.2.